The Morgan fingerprint density at radius 1 is 1.35 bits per heavy atom. The number of aromatic amines is 1. The SMILES string of the molecule is COC(=O)c1csc(C(=CN(C)C)c2c[nH]c3ccccc23)n1. The molecule has 3 rings (SSSR count). The molecule has 0 bridgehead atoms. The molecule has 6 heteroatoms. The quantitative estimate of drug-likeness (QED) is 0.747. The summed E-state index contributed by atoms with van der Waals surface area (Å²) < 4.78 is 4.74. The predicted octanol–water partition coefficient (Wildman–Crippen LogP) is 3.36. The molecule has 0 aliphatic rings. The van der Waals surface area contributed by atoms with Crippen LogP contribution in [0.25, 0.3) is 16.5 Å². The number of fused-ring (bicyclic) bond motifs is 1. The van der Waals surface area contributed by atoms with Gasteiger partial charge in [-0.25, -0.2) is 9.78 Å². The first kappa shape index (κ1) is 15.3. The van der Waals surface area contributed by atoms with Gasteiger partial charge in [-0.2, -0.15) is 0 Å². The Balaban J connectivity index is 2.12. The summed E-state index contributed by atoms with van der Waals surface area (Å²) in [4.78, 5) is 21.3. The maximum atomic E-state index is 11.7. The molecule has 2 heterocycles. The molecule has 0 saturated heterocycles. The second kappa shape index (κ2) is 6.26. The van der Waals surface area contributed by atoms with Crippen molar-refractivity contribution in [3.05, 3.63) is 58.3 Å². The predicted molar refractivity (Wildman–Crippen MR) is 92.5 cm³/mol. The molecule has 0 unspecified atom stereocenters. The van der Waals surface area contributed by atoms with Crippen LogP contribution in [-0.2, 0) is 4.74 Å². The van der Waals surface area contributed by atoms with E-state index in [0.29, 0.717) is 5.69 Å². The molecular weight excluding hydrogens is 310 g/mol. The van der Waals surface area contributed by atoms with Crippen LogP contribution >= 0.6 is 11.3 Å². The third-order valence-corrected chi connectivity index (χ3v) is 4.27. The normalized spacial score (nSPS) is 11.7. The van der Waals surface area contributed by atoms with Crippen LogP contribution in [0.2, 0.25) is 0 Å². The molecule has 3 aromatic rings. The highest BCUT2D eigenvalue weighted by molar-refractivity contribution is 7.11. The number of esters is 1. The number of carbonyl (C=O) groups excluding carboxylic acids is 1. The topological polar surface area (TPSA) is 58.2 Å². The Morgan fingerprint density at radius 2 is 2.13 bits per heavy atom. The average molecular weight is 327 g/mol. The molecule has 1 aromatic carbocycles. The van der Waals surface area contributed by atoms with Gasteiger partial charge < -0.3 is 14.6 Å². The Labute approximate surface area is 138 Å². The van der Waals surface area contributed by atoms with Crippen molar-refractivity contribution in [1.82, 2.24) is 14.9 Å². The second-order valence-electron chi connectivity index (χ2n) is 5.28. The fourth-order valence-corrected chi connectivity index (χ4v) is 3.20. The van der Waals surface area contributed by atoms with E-state index in [9.17, 15) is 4.79 Å². The Morgan fingerprint density at radius 3 is 2.87 bits per heavy atom. The van der Waals surface area contributed by atoms with E-state index in [1.54, 1.807) is 5.38 Å². The maximum Gasteiger partial charge on any atom is 0.357 e. The van der Waals surface area contributed by atoms with Crippen LogP contribution in [0.15, 0.2) is 42.0 Å². The van der Waals surface area contributed by atoms with Crippen LogP contribution in [0.4, 0.5) is 0 Å². The zero-order chi connectivity index (χ0) is 16.4. The van der Waals surface area contributed by atoms with Gasteiger partial charge in [-0.3, -0.25) is 0 Å². The number of ether oxygens (including phenoxy) is 1. The fourth-order valence-electron chi connectivity index (χ4n) is 2.39. The molecule has 0 spiro atoms. The molecular formula is C17H17N3O2S. The Bertz CT molecular complexity index is 877. The van der Waals surface area contributed by atoms with Gasteiger partial charge >= 0.3 is 5.97 Å². The number of benzene rings is 1. The van der Waals surface area contributed by atoms with E-state index >= 15 is 0 Å². The van der Waals surface area contributed by atoms with Gasteiger partial charge in [-0.05, 0) is 6.07 Å². The van der Waals surface area contributed by atoms with Gasteiger partial charge in [0, 0.05) is 53.9 Å². The minimum atomic E-state index is -0.421. The molecule has 118 valence electrons. The van der Waals surface area contributed by atoms with E-state index in [1.165, 1.54) is 18.4 Å². The van der Waals surface area contributed by atoms with Gasteiger partial charge in [0.2, 0.25) is 0 Å². The number of H-pyrrole nitrogens is 1. The number of para-hydroxylation sites is 1. The molecule has 1 N–H and O–H groups in total. The zero-order valence-electron chi connectivity index (χ0n) is 13.2. The van der Waals surface area contributed by atoms with Crippen LogP contribution in [0.3, 0.4) is 0 Å². The van der Waals surface area contributed by atoms with Crippen LogP contribution in [0.1, 0.15) is 21.1 Å². The highest BCUT2D eigenvalue weighted by atomic mass is 32.1. The number of hydrogen-bond donors (Lipinski definition) is 1. The summed E-state index contributed by atoms with van der Waals surface area (Å²) in [5.74, 6) is -0.421. The summed E-state index contributed by atoms with van der Waals surface area (Å²) in [6, 6.07) is 8.11. The largest absolute Gasteiger partial charge is 0.464 e. The van der Waals surface area contributed by atoms with Crippen molar-refractivity contribution in [1.29, 1.82) is 0 Å². The third kappa shape index (κ3) is 2.98. The van der Waals surface area contributed by atoms with Crippen molar-refractivity contribution in [2.45, 2.75) is 0 Å². The summed E-state index contributed by atoms with van der Waals surface area (Å²) in [5, 5.41) is 3.62. The van der Waals surface area contributed by atoms with E-state index < -0.39 is 5.97 Å². The smallest absolute Gasteiger partial charge is 0.357 e. The van der Waals surface area contributed by atoms with Gasteiger partial charge in [-0.15, -0.1) is 11.3 Å². The number of nitrogens with one attached hydrogen (secondary N) is 1. The monoisotopic (exact) mass is 327 g/mol. The molecule has 0 saturated carbocycles. The van der Waals surface area contributed by atoms with Crippen molar-refractivity contribution in [2.75, 3.05) is 21.2 Å². The molecule has 0 fully saturated rings. The number of thiazole rings is 1. The molecule has 0 atom stereocenters. The van der Waals surface area contributed by atoms with Crippen LogP contribution in [0, 0.1) is 0 Å². The van der Waals surface area contributed by atoms with Gasteiger partial charge in [0.05, 0.1) is 7.11 Å². The Hall–Kier alpha value is -2.60. The number of carbonyl (C=O) groups is 1. The fraction of sp³-hybridized carbons (Fsp3) is 0.176. The lowest BCUT2D eigenvalue weighted by Crippen LogP contribution is -2.04. The van der Waals surface area contributed by atoms with Gasteiger partial charge in [0.1, 0.15) is 5.01 Å². The Kier molecular flexibility index (Phi) is 4.16. The summed E-state index contributed by atoms with van der Waals surface area (Å²) in [6.07, 6.45) is 3.98. The molecule has 2 aromatic heterocycles. The van der Waals surface area contributed by atoms with Crippen molar-refractivity contribution in [3.63, 3.8) is 0 Å². The summed E-state index contributed by atoms with van der Waals surface area (Å²) in [7, 11) is 5.28. The van der Waals surface area contributed by atoms with Crippen LogP contribution in [-0.4, -0.2) is 42.0 Å². The van der Waals surface area contributed by atoms with Crippen molar-refractivity contribution in [2.24, 2.45) is 0 Å². The standard InChI is InChI=1S/C17H17N3O2S/c1-20(2)9-13(16-19-15(10-23-16)17(21)22-3)12-8-18-14-7-5-4-6-11(12)14/h4-10,18H,1-3H3. The molecule has 0 radical (unpaired) electrons. The van der Waals surface area contributed by atoms with E-state index in [4.69, 9.17) is 4.74 Å². The van der Waals surface area contributed by atoms with Gasteiger partial charge in [0.25, 0.3) is 0 Å². The maximum absolute atomic E-state index is 11.7. The number of methoxy groups -OCH3 is 1. The third-order valence-electron chi connectivity index (χ3n) is 3.40. The number of rotatable bonds is 4. The first-order valence-corrected chi connectivity index (χ1v) is 7.97. The van der Waals surface area contributed by atoms with E-state index in [2.05, 4.69) is 16.0 Å². The molecule has 5 nitrogen and oxygen atoms in total. The van der Waals surface area contributed by atoms with E-state index in [-0.39, 0.29) is 0 Å². The number of aromatic nitrogens is 2. The average Bonchev–Trinajstić information content (AvgIpc) is 3.19. The number of nitrogens with zero attached hydrogens (tertiary/aromatic N) is 2. The second-order valence-corrected chi connectivity index (χ2v) is 6.14. The number of hydrogen-bond acceptors (Lipinski definition) is 5. The van der Waals surface area contributed by atoms with Crippen molar-refractivity contribution < 1.29 is 9.53 Å². The van der Waals surface area contributed by atoms with Crippen LogP contribution in [0.5, 0.6) is 0 Å². The lowest BCUT2D eigenvalue weighted by atomic mass is 10.1. The lowest BCUT2D eigenvalue weighted by molar-refractivity contribution is 0.0595. The van der Waals surface area contributed by atoms with Crippen molar-refractivity contribution >= 4 is 33.8 Å². The minimum absolute atomic E-state index is 0.331. The first-order valence-electron chi connectivity index (χ1n) is 7.09. The molecule has 0 aliphatic carbocycles. The first-order chi connectivity index (χ1) is 11.1. The molecule has 0 aliphatic heterocycles. The molecule has 0 amide bonds. The highest BCUT2D eigenvalue weighted by Crippen LogP contribution is 2.32. The zero-order valence-corrected chi connectivity index (χ0v) is 14.0. The summed E-state index contributed by atoms with van der Waals surface area (Å²) in [6.45, 7) is 0. The summed E-state index contributed by atoms with van der Waals surface area (Å²) >= 11 is 1.43. The lowest BCUT2D eigenvalue weighted by Gasteiger charge is -2.09. The van der Waals surface area contributed by atoms with Gasteiger partial charge in [-0.1, -0.05) is 18.2 Å². The van der Waals surface area contributed by atoms with Crippen LogP contribution < -0.4 is 0 Å². The van der Waals surface area contributed by atoms with Crippen molar-refractivity contribution in [3.8, 4) is 0 Å². The molecule has 23 heavy (non-hydrogen) atoms. The highest BCUT2D eigenvalue weighted by Gasteiger charge is 2.17. The van der Waals surface area contributed by atoms with Gasteiger partial charge in [0.15, 0.2) is 5.69 Å². The van der Waals surface area contributed by atoms with E-state index in [0.717, 1.165) is 27.0 Å². The minimum Gasteiger partial charge on any atom is -0.464 e. The van der Waals surface area contributed by atoms with E-state index in [1.807, 2.05) is 49.6 Å². The summed E-state index contributed by atoms with van der Waals surface area (Å²) in [5.41, 5.74) is 3.42.